The molecule has 2 atom stereocenters. The lowest BCUT2D eigenvalue weighted by atomic mass is 9.49. The number of fused-ring (bicyclic) bond motifs is 1. The summed E-state index contributed by atoms with van der Waals surface area (Å²) in [6.07, 6.45) is 4.78. The van der Waals surface area contributed by atoms with Crippen molar-refractivity contribution in [3.63, 3.8) is 0 Å². The van der Waals surface area contributed by atoms with Crippen molar-refractivity contribution in [3.05, 3.63) is 40.4 Å². The van der Waals surface area contributed by atoms with Gasteiger partial charge in [-0.3, -0.25) is 9.69 Å². The number of nitrogens with zero attached hydrogens (tertiary/aromatic N) is 3. The molecule has 34 heavy (non-hydrogen) atoms. The Morgan fingerprint density at radius 2 is 1.79 bits per heavy atom. The van der Waals surface area contributed by atoms with E-state index in [1.807, 2.05) is 18.7 Å². The molecule has 2 fully saturated rings. The topological polar surface area (TPSA) is 60.9 Å². The van der Waals surface area contributed by atoms with Crippen LogP contribution >= 0.6 is 15.9 Å². The number of carbonyl (C=O) groups excluding carboxylic acids is 1. The van der Waals surface area contributed by atoms with Crippen LogP contribution in [0.5, 0.6) is 0 Å². The van der Waals surface area contributed by atoms with Crippen LogP contribution in [-0.2, 0) is 14.8 Å². The van der Waals surface area contributed by atoms with Gasteiger partial charge in [0, 0.05) is 56.2 Å². The van der Waals surface area contributed by atoms with Crippen LogP contribution in [0.25, 0.3) is 0 Å². The van der Waals surface area contributed by atoms with Gasteiger partial charge >= 0.3 is 0 Å². The Kier molecular flexibility index (Phi) is 7.63. The van der Waals surface area contributed by atoms with Crippen LogP contribution in [0.4, 0.5) is 0 Å². The van der Waals surface area contributed by atoms with E-state index >= 15 is 0 Å². The quantitative estimate of drug-likeness (QED) is 0.453. The Hall–Kier alpha value is -1.22. The van der Waals surface area contributed by atoms with Gasteiger partial charge in [0.2, 0.25) is 15.9 Å². The van der Waals surface area contributed by atoms with Gasteiger partial charge in [-0.15, -0.1) is 0 Å². The number of sulfonamides is 1. The molecule has 0 spiro atoms. The van der Waals surface area contributed by atoms with Crippen molar-refractivity contribution in [2.45, 2.75) is 45.4 Å². The zero-order valence-corrected chi connectivity index (χ0v) is 23.2. The molecule has 188 valence electrons. The lowest BCUT2D eigenvalue weighted by Crippen LogP contribution is -2.52. The van der Waals surface area contributed by atoms with E-state index in [1.165, 1.54) is 12.0 Å². The Labute approximate surface area is 213 Å². The second kappa shape index (κ2) is 10.0. The molecule has 0 N–H and O–H groups in total. The number of allylic oxidation sites excluding steroid dienone is 1. The lowest BCUT2D eigenvalue weighted by Gasteiger charge is -2.57. The molecule has 2 bridgehead atoms. The predicted octanol–water partition coefficient (Wildman–Crippen LogP) is 4.23. The Morgan fingerprint density at radius 1 is 1.15 bits per heavy atom. The van der Waals surface area contributed by atoms with Crippen molar-refractivity contribution >= 4 is 31.9 Å². The Bertz CT molecular complexity index is 1030. The van der Waals surface area contributed by atoms with Crippen LogP contribution in [0.2, 0.25) is 0 Å². The van der Waals surface area contributed by atoms with E-state index in [1.54, 1.807) is 28.6 Å². The second-order valence-electron chi connectivity index (χ2n) is 10.9. The average Bonchev–Trinajstić information content (AvgIpc) is 2.81. The SMILES string of the molecule is CC(C)C(=O)N(CCN1CCN(S(=O)(=O)c2ccc(Br)cc2)CC1)CC1=CCC2CC1C2(C)C. The summed E-state index contributed by atoms with van der Waals surface area (Å²) < 4.78 is 28.4. The number of hydrogen-bond donors (Lipinski definition) is 0. The zero-order chi connectivity index (χ0) is 24.7. The van der Waals surface area contributed by atoms with Gasteiger partial charge in [-0.05, 0) is 54.4 Å². The fraction of sp³-hybridized carbons (Fsp3) is 0.654. The minimum absolute atomic E-state index is 0.0285. The fourth-order valence-corrected chi connectivity index (χ4v) is 7.41. The van der Waals surface area contributed by atoms with Crippen molar-refractivity contribution in [2.24, 2.45) is 23.2 Å². The van der Waals surface area contributed by atoms with Crippen LogP contribution < -0.4 is 0 Å². The van der Waals surface area contributed by atoms with E-state index in [-0.39, 0.29) is 11.8 Å². The summed E-state index contributed by atoms with van der Waals surface area (Å²) in [6.45, 7) is 13.2. The van der Waals surface area contributed by atoms with Gasteiger partial charge in [0.25, 0.3) is 0 Å². The predicted molar refractivity (Wildman–Crippen MR) is 139 cm³/mol. The molecule has 2 unspecified atom stereocenters. The minimum atomic E-state index is -3.48. The normalized spacial score (nSPS) is 25.1. The number of hydrogen-bond acceptors (Lipinski definition) is 4. The molecule has 1 saturated heterocycles. The maximum atomic E-state index is 13.0. The summed E-state index contributed by atoms with van der Waals surface area (Å²) in [6, 6.07) is 6.81. The van der Waals surface area contributed by atoms with Crippen LogP contribution in [0, 0.1) is 23.2 Å². The standard InChI is InChI=1S/C26H38BrN3O3S/c1-19(2)25(31)29(18-20-5-6-21-17-24(20)26(21,3)4)14-11-28-12-15-30(16-13-28)34(32,33)23-9-7-22(27)8-10-23/h5,7-10,19,21,24H,6,11-18H2,1-4H3. The number of piperazine rings is 1. The highest BCUT2D eigenvalue weighted by Gasteiger charge is 2.51. The molecule has 0 aromatic heterocycles. The van der Waals surface area contributed by atoms with Crippen molar-refractivity contribution in [2.75, 3.05) is 45.8 Å². The molecule has 5 rings (SSSR count). The molecule has 3 aliphatic carbocycles. The summed E-state index contributed by atoms with van der Waals surface area (Å²) in [7, 11) is -3.48. The van der Waals surface area contributed by atoms with Gasteiger partial charge in [0.05, 0.1) is 4.90 Å². The smallest absolute Gasteiger partial charge is 0.243 e. The molecular weight excluding hydrogens is 514 g/mol. The van der Waals surface area contributed by atoms with E-state index in [0.29, 0.717) is 49.0 Å². The molecule has 0 radical (unpaired) electrons. The Morgan fingerprint density at radius 3 is 2.35 bits per heavy atom. The highest BCUT2D eigenvalue weighted by atomic mass is 79.9. The first kappa shape index (κ1) is 25.9. The summed E-state index contributed by atoms with van der Waals surface area (Å²) in [5.74, 6) is 1.57. The van der Waals surface area contributed by atoms with E-state index in [0.717, 1.165) is 29.9 Å². The summed E-state index contributed by atoms with van der Waals surface area (Å²) in [4.78, 5) is 17.7. The van der Waals surface area contributed by atoms with Crippen molar-refractivity contribution in [3.8, 4) is 0 Å². The van der Waals surface area contributed by atoms with Gasteiger partial charge in [0.15, 0.2) is 0 Å². The van der Waals surface area contributed by atoms with E-state index in [2.05, 4.69) is 40.8 Å². The van der Waals surface area contributed by atoms with Gasteiger partial charge in [-0.2, -0.15) is 4.31 Å². The maximum Gasteiger partial charge on any atom is 0.243 e. The summed E-state index contributed by atoms with van der Waals surface area (Å²) >= 11 is 3.36. The third-order valence-electron chi connectivity index (χ3n) is 8.23. The average molecular weight is 553 g/mol. The van der Waals surface area contributed by atoms with Crippen LogP contribution in [-0.4, -0.2) is 74.2 Å². The van der Waals surface area contributed by atoms with Crippen LogP contribution in [0.3, 0.4) is 0 Å². The highest BCUT2D eigenvalue weighted by Crippen LogP contribution is 2.59. The largest absolute Gasteiger partial charge is 0.337 e. The third-order valence-corrected chi connectivity index (χ3v) is 10.7. The highest BCUT2D eigenvalue weighted by molar-refractivity contribution is 9.10. The summed E-state index contributed by atoms with van der Waals surface area (Å²) in [5, 5.41) is 0. The first-order chi connectivity index (χ1) is 16.0. The van der Waals surface area contributed by atoms with Crippen molar-refractivity contribution in [1.82, 2.24) is 14.1 Å². The number of benzene rings is 1. The molecule has 4 aliphatic rings. The maximum absolute atomic E-state index is 13.0. The molecular formula is C26H38BrN3O3S. The van der Waals surface area contributed by atoms with Crippen LogP contribution in [0.1, 0.15) is 40.5 Å². The van der Waals surface area contributed by atoms with Crippen molar-refractivity contribution in [1.29, 1.82) is 0 Å². The first-order valence-electron chi connectivity index (χ1n) is 12.5. The molecule has 1 saturated carbocycles. The van der Waals surface area contributed by atoms with E-state index in [9.17, 15) is 13.2 Å². The molecule has 8 heteroatoms. The number of carbonyl (C=O) groups is 1. The summed E-state index contributed by atoms with van der Waals surface area (Å²) in [5.41, 5.74) is 1.79. The molecule has 1 amide bonds. The lowest BCUT2D eigenvalue weighted by molar-refractivity contribution is -0.134. The van der Waals surface area contributed by atoms with Gasteiger partial charge < -0.3 is 4.90 Å². The zero-order valence-electron chi connectivity index (χ0n) is 20.8. The molecule has 1 heterocycles. The Balaban J connectivity index is 1.33. The molecule has 1 aromatic rings. The van der Waals surface area contributed by atoms with E-state index < -0.39 is 10.0 Å². The van der Waals surface area contributed by atoms with Gasteiger partial charge in [-0.1, -0.05) is 55.3 Å². The van der Waals surface area contributed by atoms with Gasteiger partial charge in [0.1, 0.15) is 0 Å². The monoisotopic (exact) mass is 551 g/mol. The number of rotatable bonds is 8. The fourth-order valence-electron chi connectivity index (χ4n) is 5.72. The number of halogens is 1. The third kappa shape index (κ3) is 5.15. The number of amides is 1. The minimum Gasteiger partial charge on any atom is -0.337 e. The molecule has 1 aliphatic heterocycles. The van der Waals surface area contributed by atoms with Gasteiger partial charge in [-0.25, -0.2) is 8.42 Å². The molecule has 6 nitrogen and oxygen atoms in total. The molecule has 1 aromatic carbocycles. The van der Waals surface area contributed by atoms with Crippen LogP contribution in [0.15, 0.2) is 45.3 Å². The van der Waals surface area contributed by atoms with E-state index in [4.69, 9.17) is 0 Å². The second-order valence-corrected chi connectivity index (χ2v) is 13.8. The van der Waals surface area contributed by atoms with Crippen molar-refractivity contribution < 1.29 is 13.2 Å². The first-order valence-corrected chi connectivity index (χ1v) is 14.7.